The monoisotopic (exact) mass is 368 g/mol. The van der Waals surface area contributed by atoms with Gasteiger partial charge in [-0.25, -0.2) is 18.6 Å². The lowest BCUT2D eigenvalue weighted by atomic mass is 10.1. The molecule has 0 bridgehead atoms. The number of aryl methyl sites for hydroxylation is 1. The average Bonchev–Trinajstić information content (AvgIpc) is 2.83. The first-order valence-electron chi connectivity index (χ1n) is 6.94. The summed E-state index contributed by atoms with van der Waals surface area (Å²) in [5, 5.41) is 1.33. The number of halogens is 1. The third kappa shape index (κ3) is 4.88. The Morgan fingerprint density at radius 2 is 1.46 bits per heavy atom. The summed E-state index contributed by atoms with van der Waals surface area (Å²) in [5.41, 5.74) is 3.81. The van der Waals surface area contributed by atoms with Gasteiger partial charge in [-0.3, -0.25) is 0 Å². The summed E-state index contributed by atoms with van der Waals surface area (Å²) in [6.45, 7) is 0. The zero-order valence-corrected chi connectivity index (χ0v) is 15.0. The topological polar surface area (TPSA) is 99.4 Å². The van der Waals surface area contributed by atoms with Crippen LogP contribution < -0.4 is 27.5 Å². The van der Waals surface area contributed by atoms with Crippen molar-refractivity contribution in [3.63, 3.8) is 0 Å². The van der Waals surface area contributed by atoms with E-state index in [1.807, 2.05) is 0 Å². The first-order valence-corrected chi connectivity index (χ1v) is 8.95. The van der Waals surface area contributed by atoms with Gasteiger partial charge in [-0.1, -0.05) is 24.3 Å². The molecule has 3 aromatic rings. The van der Waals surface area contributed by atoms with Crippen molar-refractivity contribution in [3.8, 4) is 10.4 Å². The Morgan fingerprint density at radius 3 is 2.00 bits per heavy atom. The molecule has 0 aliphatic rings. The van der Waals surface area contributed by atoms with Crippen molar-refractivity contribution in [1.29, 1.82) is 0 Å². The zero-order chi connectivity index (χ0) is 17.9. The van der Waals surface area contributed by atoms with Crippen LogP contribution >= 0.6 is 11.5 Å². The van der Waals surface area contributed by atoms with Gasteiger partial charge in [0.1, 0.15) is 16.4 Å². The maximum absolute atomic E-state index is 8.49. The first kappa shape index (κ1) is 18.6. The van der Waals surface area contributed by atoms with Crippen LogP contribution in [0.15, 0.2) is 48.5 Å². The smallest absolute Gasteiger partial charge is 0.227 e. The van der Waals surface area contributed by atoms with E-state index in [0.717, 1.165) is 0 Å². The number of aromatic nitrogens is 1. The van der Waals surface area contributed by atoms with E-state index in [4.69, 9.17) is 18.6 Å². The minimum absolute atomic E-state index is 1.23. The summed E-state index contributed by atoms with van der Waals surface area (Å²) in [4.78, 5) is 3.46. The van der Waals surface area contributed by atoms with Crippen LogP contribution in [0.25, 0.3) is 21.3 Å². The molecule has 0 spiro atoms. The lowest BCUT2D eigenvalue weighted by molar-refractivity contribution is -2.00. The molecular weight excluding hydrogens is 352 g/mol. The molecule has 0 fully saturated rings. The maximum Gasteiger partial charge on any atom is 0.227 e. The number of rotatable bonds is 2. The molecule has 1 aromatic heterocycles. The molecule has 0 saturated heterocycles. The third-order valence-corrected chi connectivity index (χ3v) is 4.47. The minimum Gasteiger partial charge on any atom is -0.378 e. The van der Waals surface area contributed by atoms with E-state index in [9.17, 15) is 0 Å². The molecule has 0 aliphatic carbocycles. The predicted molar refractivity (Wildman–Crippen MR) is 82.8 cm³/mol. The average molecular weight is 369 g/mol. The van der Waals surface area contributed by atoms with Crippen molar-refractivity contribution in [3.05, 3.63) is 48.5 Å². The normalized spacial score (nSPS) is 11.1. The van der Waals surface area contributed by atoms with Crippen LogP contribution in [0.5, 0.6) is 0 Å². The Bertz CT molecular complexity index is 807. The molecule has 0 amide bonds. The number of anilines is 1. The number of nitrogens with zero attached hydrogens (tertiary/aromatic N) is 2. The molecule has 0 unspecified atom stereocenters. The molecule has 0 atom stereocenters. The number of benzene rings is 2. The van der Waals surface area contributed by atoms with Gasteiger partial charge in [0.05, 0.1) is 5.39 Å². The maximum atomic E-state index is 8.49. The van der Waals surface area contributed by atoms with Gasteiger partial charge < -0.3 is 4.90 Å². The Morgan fingerprint density at radius 1 is 0.917 bits per heavy atom. The van der Waals surface area contributed by atoms with Gasteiger partial charge >= 0.3 is 0 Å². The molecule has 2 aromatic carbocycles. The summed E-state index contributed by atoms with van der Waals surface area (Å²) in [7, 11) is 1.30. The SMILES string of the molecule is CN(C)c1ccc(-c2s[n+](C)c3ccccc23)cc1.[O-][Cl+3]([O-])([O-])[O-]. The van der Waals surface area contributed by atoms with Gasteiger partial charge in [0.2, 0.25) is 5.52 Å². The Hall–Kier alpha value is -1.74. The van der Waals surface area contributed by atoms with Gasteiger partial charge in [-0.05, 0) is 23.8 Å². The lowest BCUT2D eigenvalue weighted by Crippen LogP contribution is -2.68. The van der Waals surface area contributed by atoms with Crippen LogP contribution in [-0.4, -0.2) is 14.1 Å². The Kier molecular flexibility index (Phi) is 5.76. The summed E-state index contributed by atoms with van der Waals surface area (Å²) < 4.78 is 36.2. The molecular formula is C16H17ClN2O4S. The predicted octanol–water partition coefficient (Wildman–Crippen LogP) is -1.30. The first-order chi connectivity index (χ1) is 11.2. The molecule has 8 heteroatoms. The number of hydrogen-bond acceptors (Lipinski definition) is 6. The fraction of sp³-hybridized carbons (Fsp3) is 0.188. The van der Waals surface area contributed by atoms with Crippen LogP contribution in [0.4, 0.5) is 5.69 Å². The fourth-order valence-electron chi connectivity index (χ4n) is 2.29. The van der Waals surface area contributed by atoms with Crippen molar-refractivity contribution < 1.29 is 32.8 Å². The fourth-order valence-corrected chi connectivity index (χ4v) is 3.34. The Balaban J connectivity index is 0.000000368. The molecule has 0 aliphatic heterocycles. The van der Waals surface area contributed by atoms with Crippen molar-refractivity contribution in [2.24, 2.45) is 7.05 Å². The summed E-state index contributed by atoms with van der Waals surface area (Å²) in [5.74, 6) is 0. The summed E-state index contributed by atoms with van der Waals surface area (Å²) in [6.07, 6.45) is 0. The van der Waals surface area contributed by atoms with E-state index in [-0.39, 0.29) is 0 Å². The number of fused-ring (bicyclic) bond motifs is 1. The van der Waals surface area contributed by atoms with E-state index >= 15 is 0 Å². The van der Waals surface area contributed by atoms with Gasteiger partial charge in [0.15, 0.2) is 7.05 Å². The van der Waals surface area contributed by atoms with Crippen molar-refractivity contribution in [2.45, 2.75) is 0 Å². The standard InChI is InChI=1S/C16H17N2S.ClHO4/c1-17(2)13-10-8-12(9-11-13)16-14-6-4-5-7-15(14)18(3)19-16;2-1(3,4)5/h4-11H,1-3H3;(H,2,3,4,5)/q+1;/p-1. The number of para-hydroxylation sites is 1. The zero-order valence-electron chi connectivity index (χ0n) is 13.4. The van der Waals surface area contributed by atoms with E-state index in [0.29, 0.717) is 0 Å². The lowest BCUT2D eigenvalue weighted by Gasteiger charge is -2.17. The van der Waals surface area contributed by atoms with Crippen molar-refractivity contribution >= 4 is 28.1 Å². The van der Waals surface area contributed by atoms with Gasteiger partial charge in [0.25, 0.3) is 0 Å². The van der Waals surface area contributed by atoms with E-state index in [2.05, 4.69) is 78.5 Å². The Labute approximate surface area is 146 Å². The molecule has 128 valence electrons. The molecule has 0 N–H and O–H groups in total. The van der Waals surface area contributed by atoms with Crippen LogP contribution in [-0.2, 0) is 7.05 Å². The van der Waals surface area contributed by atoms with E-state index in [1.54, 1.807) is 11.5 Å². The van der Waals surface area contributed by atoms with Crippen LogP contribution in [0.1, 0.15) is 0 Å². The molecule has 3 rings (SSSR count). The molecule has 6 nitrogen and oxygen atoms in total. The van der Waals surface area contributed by atoms with E-state index < -0.39 is 10.2 Å². The van der Waals surface area contributed by atoms with Crippen molar-refractivity contribution in [1.82, 2.24) is 0 Å². The largest absolute Gasteiger partial charge is 0.378 e. The molecule has 0 radical (unpaired) electrons. The highest BCUT2D eigenvalue weighted by Crippen LogP contribution is 2.31. The molecule has 1 heterocycles. The van der Waals surface area contributed by atoms with Crippen molar-refractivity contribution in [2.75, 3.05) is 19.0 Å². The van der Waals surface area contributed by atoms with Crippen LogP contribution in [0.2, 0.25) is 0 Å². The highest BCUT2D eigenvalue weighted by molar-refractivity contribution is 7.07. The second-order valence-corrected chi connectivity index (χ2v) is 7.15. The third-order valence-electron chi connectivity index (χ3n) is 3.36. The van der Waals surface area contributed by atoms with Gasteiger partial charge in [-0.2, -0.15) is 0 Å². The molecule has 0 saturated carbocycles. The highest BCUT2D eigenvalue weighted by Gasteiger charge is 2.16. The highest BCUT2D eigenvalue weighted by atomic mass is 35.7. The molecule has 24 heavy (non-hydrogen) atoms. The second kappa shape index (κ2) is 7.43. The van der Waals surface area contributed by atoms with Crippen LogP contribution in [0, 0.1) is 10.2 Å². The minimum atomic E-state index is -4.94. The van der Waals surface area contributed by atoms with Crippen LogP contribution in [0.3, 0.4) is 0 Å². The van der Waals surface area contributed by atoms with Gasteiger partial charge in [-0.15, -0.1) is 14.2 Å². The quantitative estimate of drug-likeness (QED) is 0.524. The van der Waals surface area contributed by atoms with Gasteiger partial charge in [0, 0.05) is 25.8 Å². The summed E-state index contributed by atoms with van der Waals surface area (Å²) in [6, 6.07) is 17.3. The second-order valence-electron chi connectivity index (χ2n) is 5.25. The van der Waals surface area contributed by atoms with E-state index in [1.165, 1.54) is 27.0 Å². The summed E-state index contributed by atoms with van der Waals surface area (Å²) >= 11 is 1.80. The number of hydrogen-bond donors (Lipinski definition) is 0.